The highest BCUT2D eigenvalue weighted by Gasteiger charge is 2.16. The summed E-state index contributed by atoms with van der Waals surface area (Å²) in [5.41, 5.74) is 1.88. The van der Waals surface area contributed by atoms with Crippen molar-refractivity contribution in [2.24, 2.45) is 0 Å². The lowest BCUT2D eigenvalue weighted by molar-refractivity contribution is 0.121. The van der Waals surface area contributed by atoms with Gasteiger partial charge in [-0.25, -0.2) is 0 Å². The van der Waals surface area contributed by atoms with Crippen LogP contribution < -0.4 is 14.2 Å². The molecule has 2 rings (SSSR count). The normalized spacial score (nSPS) is 12.1. The van der Waals surface area contributed by atoms with Gasteiger partial charge in [-0.15, -0.1) is 0 Å². The number of hydrogen-bond donors (Lipinski definition) is 1. The van der Waals surface area contributed by atoms with E-state index < -0.39 is 6.10 Å². The molecule has 1 atom stereocenters. The first kappa shape index (κ1) is 18.1. The molecule has 2 aromatic carbocycles. The molecular weight excluding hydrogens is 306 g/mol. The number of likely N-dealkylation sites (N-methyl/N-ethyl adjacent to an activating group) is 1. The third-order valence-electron chi connectivity index (χ3n) is 3.89. The first-order chi connectivity index (χ1) is 11.6. The highest BCUT2D eigenvalue weighted by Crippen LogP contribution is 2.30. The van der Waals surface area contributed by atoms with Gasteiger partial charge in [0, 0.05) is 18.7 Å². The van der Waals surface area contributed by atoms with Gasteiger partial charge < -0.3 is 19.3 Å². The molecule has 0 radical (unpaired) electrons. The van der Waals surface area contributed by atoms with Gasteiger partial charge in [0.1, 0.15) is 17.2 Å². The molecule has 0 heterocycles. The van der Waals surface area contributed by atoms with Crippen molar-refractivity contribution in [3.8, 4) is 17.2 Å². The van der Waals surface area contributed by atoms with Gasteiger partial charge in [-0.2, -0.15) is 0 Å². The molecule has 0 fully saturated rings. The number of aliphatic hydroxyl groups is 1. The molecule has 0 amide bonds. The van der Waals surface area contributed by atoms with Gasteiger partial charge >= 0.3 is 0 Å². The Bertz CT molecular complexity index is 642. The molecule has 0 spiro atoms. The van der Waals surface area contributed by atoms with Crippen LogP contribution in [0, 0.1) is 0 Å². The van der Waals surface area contributed by atoms with E-state index in [0.29, 0.717) is 18.0 Å². The van der Waals surface area contributed by atoms with Crippen LogP contribution in [0.15, 0.2) is 42.5 Å². The zero-order valence-corrected chi connectivity index (χ0v) is 14.7. The van der Waals surface area contributed by atoms with E-state index >= 15 is 0 Å². The minimum absolute atomic E-state index is 0.482. The highest BCUT2D eigenvalue weighted by molar-refractivity contribution is 5.41. The maximum atomic E-state index is 10.6. The van der Waals surface area contributed by atoms with Gasteiger partial charge in [0.05, 0.1) is 27.4 Å². The van der Waals surface area contributed by atoms with Crippen molar-refractivity contribution in [3.63, 3.8) is 0 Å². The van der Waals surface area contributed by atoms with Crippen LogP contribution in [0.1, 0.15) is 17.2 Å². The molecule has 24 heavy (non-hydrogen) atoms. The summed E-state index contributed by atoms with van der Waals surface area (Å²) >= 11 is 0. The first-order valence-corrected chi connectivity index (χ1v) is 7.78. The van der Waals surface area contributed by atoms with E-state index in [1.807, 2.05) is 43.4 Å². The fourth-order valence-electron chi connectivity index (χ4n) is 2.60. The highest BCUT2D eigenvalue weighted by atomic mass is 16.5. The number of rotatable bonds is 8. The van der Waals surface area contributed by atoms with E-state index in [4.69, 9.17) is 14.2 Å². The fourth-order valence-corrected chi connectivity index (χ4v) is 2.60. The summed E-state index contributed by atoms with van der Waals surface area (Å²) in [6.07, 6.45) is -0.668. The van der Waals surface area contributed by atoms with Crippen LogP contribution in [0.2, 0.25) is 0 Å². The molecule has 0 saturated heterocycles. The smallest absolute Gasteiger partial charge is 0.124 e. The van der Waals surface area contributed by atoms with Gasteiger partial charge in [0.25, 0.3) is 0 Å². The van der Waals surface area contributed by atoms with Crippen LogP contribution in [0.4, 0.5) is 0 Å². The Kier molecular flexibility index (Phi) is 6.46. The summed E-state index contributed by atoms with van der Waals surface area (Å²) in [4.78, 5) is 2.06. The van der Waals surface area contributed by atoms with Crippen LogP contribution in [-0.4, -0.2) is 44.9 Å². The Labute approximate surface area is 143 Å². The van der Waals surface area contributed by atoms with E-state index in [9.17, 15) is 5.11 Å². The van der Waals surface area contributed by atoms with Crippen molar-refractivity contribution >= 4 is 0 Å². The van der Waals surface area contributed by atoms with Gasteiger partial charge in [0.15, 0.2) is 0 Å². The Morgan fingerprint density at radius 1 is 0.917 bits per heavy atom. The van der Waals surface area contributed by atoms with Crippen molar-refractivity contribution < 1.29 is 19.3 Å². The average Bonchev–Trinajstić information content (AvgIpc) is 2.61. The van der Waals surface area contributed by atoms with Crippen molar-refractivity contribution in [1.82, 2.24) is 4.90 Å². The minimum atomic E-state index is -0.668. The molecule has 5 heteroatoms. The number of hydrogen-bond acceptors (Lipinski definition) is 5. The Hall–Kier alpha value is -2.24. The van der Waals surface area contributed by atoms with Gasteiger partial charge in [0.2, 0.25) is 0 Å². The third kappa shape index (κ3) is 4.63. The SMILES string of the molecule is COc1ccc(CN(C)CC(O)c2cc(OC)ccc2OC)cc1. The first-order valence-electron chi connectivity index (χ1n) is 7.78. The third-order valence-corrected chi connectivity index (χ3v) is 3.89. The maximum Gasteiger partial charge on any atom is 0.124 e. The second-order valence-corrected chi connectivity index (χ2v) is 5.67. The van der Waals surface area contributed by atoms with Gasteiger partial charge in [-0.1, -0.05) is 12.1 Å². The number of benzene rings is 2. The molecule has 0 aliphatic heterocycles. The standard InChI is InChI=1S/C19H25NO4/c1-20(12-14-5-7-15(22-2)8-6-14)13-18(21)17-11-16(23-3)9-10-19(17)24-4/h5-11,18,21H,12-13H2,1-4H3. The topological polar surface area (TPSA) is 51.2 Å². The van der Waals surface area contributed by atoms with Crippen molar-refractivity contribution in [3.05, 3.63) is 53.6 Å². The predicted octanol–water partition coefficient (Wildman–Crippen LogP) is 2.88. The summed E-state index contributed by atoms with van der Waals surface area (Å²) in [5.74, 6) is 2.19. The monoisotopic (exact) mass is 331 g/mol. The molecule has 0 aromatic heterocycles. The average molecular weight is 331 g/mol. The van der Waals surface area contributed by atoms with E-state index in [1.54, 1.807) is 27.4 Å². The summed E-state index contributed by atoms with van der Waals surface area (Å²) in [7, 11) is 6.83. The predicted molar refractivity (Wildman–Crippen MR) is 93.8 cm³/mol. The van der Waals surface area contributed by atoms with E-state index in [-0.39, 0.29) is 0 Å². The zero-order chi connectivity index (χ0) is 17.5. The number of aliphatic hydroxyl groups excluding tert-OH is 1. The largest absolute Gasteiger partial charge is 0.497 e. The van der Waals surface area contributed by atoms with Crippen LogP contribution in [0.5, 0.6) is 17.2 Å². The Morgan fingerprint density at radius 3 is 2.12 bits per heavy atom. The summed E-state index contributed by atoms with van der Waals surface area (Å²) in [6.45, 7) is 1.21. The zero-order valence-electron chi connectivity index (χ0n) is 14.7. The molecule has 1 N–H and O–H groups in total. The van der Waals surface area contributed by atoms with E-state index in [2.05, 4.69) is 4.90 Å². The molecule has 0 aliphatic carbocycles. The van der Waals surface area contributed by atoms with Crippen LogP contribution in [-0.2, 0) is 6.54 Å². The van der Waals surface area contributed by atoms with Crippen LogP contribution in [0.25, 0.3) is 0 Å². The molecular formula is C19H25NO4. The fraction of sp³-hybridized carbons (Fsp3) is 0.368. The number of methoxy groups -OCH3 is 3. The lowest BCUT2D eigenvalue weighted by atomic mass is 10.1. The van der Waals surface area contributed by atoms with Crippen molar-refractivity contribution in [1.29, 1.82) is 0 Å². The molecule has 0 saturated carbocycles. The maximum absolute atomic E-state index is 10.6. The Morgan fingerprint density at radius 2 is 1.54 bits per heavy atom. The molecule has 0 aliphatic rings. The van der Waals surface area contributed by atoms with E-state index in [0.717, 1.165) is 23.4 Å². The quantitative estimate of drug-likeness (QED) is 0.806. The second-order valence-electron chi connectivity index (χ2n) is 5.67. The van der Waals surface area contributed by atoms with E-state index in [1.165, 1.54) is 0 Å². The molecule has 0 bridgehead atoms. The summed E-state index contributed by atoms with van der Waals surface area (Å²) in [6, 6.07) is 13.3. The lowest BCUT2D eigenvalue weighted by Crippen LogP contribution is -2.24. The van der Waals surface area contributed by atoms with Crippen LogP contribution >= 0.6 is 0 Å². The van der Waals surface area contributed by atoms with Crippen LogP contribution in [0.3, 0.4) is 0 Å². The molecule has 2 aromatic rings. The van der Waals surface area contributed by atoms with Gasteiger partial charge in [-0.05, 0) is 42.9 Å². The number of nitrogens with zero attached hydrogens (tertiary/aromatic N) is 1. The van der Waals surface area contributed by atoms with Crippen molar-refractivity contribution in [2.75, 3.05) is 34.9 Å². The lowest BCUT2D eigenvalue weighted by Gasteiger charge is -2.22. The molecule has 1 unspecified atom stereocenters. The number of ether oxygens (including phenoxy) is 3. The van der Waals surface area contributed by atoms with Gasteiger partial charge in [-0.3, -0.25) is 4.90 Å². The summed E-state index contributed by atoms with van der Waals surface area (Å²) < 4.78 is 15.7. The Balaban J connectivity index is 2.03. The minimum Gasteiger partial charge on any atom is -0.497 e. The van der Waals surface area contributed by atoms with Crippen molar-refractivity contribution in [2.45, 2.75) is 12.6 Å². The molecule has 130 valence electrons. The molecule has 5 nitrogen and oxygen atoms in total. The summed E-state index contributed by atoms with van der Waals surface area (Å²) in [5, 5.41) is 10.6. The second kappa shape index (κ2) is 8.57.